The van der Waals surface area contributed by atoms with E-state index in [2.05, 4.69) is 16.0 Å². The molecule has 4 aromatic rings. The van der Waals surface area contributed by atoms with Crippen LogP contribution < -0.4 is 20.7 Å². The fraction of sp³-hybridized carbons (Fsp3) is 0.118. The molecule has 0 saturated heterocycles. The van der Waals surface area contributed by atoms with Crippen molar-refractivity contribution >= 4 is 64.5 Å². The van der Waals surface area contributed by atoms with Gasteiger partial charge in [0.25, 0.3) is 11.8 Å². The van der Waals surface area contributed by atoms with Gasteiger partial charge in [0.15, 0.2) is 0 Å². The Kier molecular flexibility index (Phi) is 11.4. The number of thioether (sulfide) groups is 1. The summed E-state index contributed by atoms with van der Waals surface area (Å²) in [6.45, 7) is 4.12. The van der Waals surface area contributed by atoms with Crippen LogP contribution in [0.1, 0.15) is 40.1 Å². The number of anilines is 2. The topological polar surface area (TPSA) is 134 Å². The highest BCUT2D eigenvalue weighted by Gasteiger charge is 2.18. The molecule has 230 valence electrons. The molecule has 0 radical (unpaired) electrons. The highest BCUT2D eigenvalue weighted by molar-refractivity contribution is 8.00. The van der Waals surface area contributed by atoms with Crippen LogP contribution in [0.15, 0.2) is 108 Å². The molecule has 0 heterocycles. The van der Waals surface area contributed by atoms with Crippen molar-refractivity contribution in [3.8, 4) is 5.75 Å². The minimum Gasteiger partial charge on any atom is -0.494 e. The van der Waals surface area contributed by atoms with Gasteiger partial charge in [-0.2, -0.15) is 0 Å². The number of carboxylic acids is 1. The molecule has 0 aliphatic heterocycles. The van der Waals surface area contributed by atoms with Gasteiger partial charge in [-0.1, -0.05) is 41.9 Å². The summed E-state index contributed by atoms with van der Waals surface area (Å²) in [5.41, 5.74) is 1.82. The van der Waals surface area contributed by atoms with Gasteiger partial charge in [-0.3, -0.25) is 14.4 Å². The lowest BCUT2D eigenvalue weighted by Gasteiger charge is -2.14. The first-order chi connectivity index (χ1) is 21.6. The lowest BCUT2D eigenvalue weighted by atomic mass is 10.1. The SMILES string of the molecule is CCOc1ccc(/C=C(\NC(=O)c2ccccc2)C(=O)Nc2ccc(SC(C)C(=O)Nc3cc(C(=O)O)ccc3Cl)cc2)cc1. The van der Waals surface area contributed by atoms with Crippen LogP contribution in [0.5, 0.6) is 5.75 Å². The average molecular weight is 644 g/mol. The van der Waals surface area contributed by atoms with Crippen LogP contribution >= 0.6 is 23.4 Å². The first-order valence-corrected chi connectivity index (χ1v) is 15.1. The van der Waals surface area contributed by atoms with Crippen molar-refractivity contribution in [3.63, 3.8) is 0 Å². The molecule has 0 aromatic heterocycles. The Morgan fingerprint density at radius 3 is 2.22 bits per heavy atom. The molecule has 4 aromatic carbocycles. The predicted molar refractivity (Wildman–Crippen MR) is 177 cm³/mol. The number of nitrogens with one attached hydrogen (secondary N) is 3. The Morgan fingerprint density at radius 1 is 0.889 bits per heavy atom. The van der Waals surface area contributed by atoms with Crippen LogP contribution in [0.25, 0.3) is 6.08 Å². The molecular formula is C34H30ClN3O6S. The summed E-state index contributed by atoms with van der Waals surface area (Å²) in [7, 11) is 0. The molecule has 1 atom stereocenters. The zero-order valence-electron chi connectivity index (χ0n) is 24.4. The summed E-state index contributed by atoms with van der Waals surface area (Å²) >= 11 is 7.40. The monoisotopic (exact) mass is 643 g/mol. The fourth-order valence-electron chi connectivity index (χ4n) is 4.00. The lowest BCUT2D eigenvalue weighted by molar-refractivity contribution is -0.115. The molecule has 4 rings (SSSR count). The van der Waals surface area contributed by atoms with Crippen LogP contribution in [-0.2, 0) is 9.59 Å². The minimum absolute atomic E-state index is 0.00440. The van der Waals surface area contributed by atoms with Crippen LogP contribution in [0.4, 0.5) is 11.4 Å². The molecule has 11 heteroatoms. The van der Waals surface area contributed by atoms with Gasteiger partial charge >= 0.3 is 5.97 Å². The average Bonchev–Trinajstić information content (AvgIpc) is 3.03. The highest BCUT2D eigenvalue weighted by Crippen LogP contribution is 2.28. The van der Waals surface area contributed by atoms with Gasteiger partial charge in [-0.15, -0.1) is 11.8 Å². The standard InChI is InChI=1S/C34H30ClN3O6S/c1-3-44-26-14-9-22(10-15-26)19-30(38-32(40)23-7-5-4-6-8-23)33(41)36-25-12-16-27(17-13-25)45-21(2)31(39)37-29-20-24(34(42)43)11-18-28(29)35/h4-21H,3H2,1-2H3,(H,36,41)(H,37,39)(H,38,40)(H,42,43)/b30-19-. The molecule has 9 nitrogen and oxygen atoms in total. The molecule has 1 unspecified atom stereocenters. The molecular weight excluding hydrogens is 614 g/mol. The summed E-state index contributed by atoms with van der Waals surface area (Å²) in [5, 5.41) is 17.1. The van der Waals surface area contributed by atoms with Crippen molar-refractivity contribution in [2.75, 3.05) is 17.2 Å². The zero-order valence-corrected chi connectivity index (χ0v) is 25.9. The molecule has 0 saturated carbocycles. The van der Waals surface area contributed by atoms with Gasteiger partial charge in [0.05, 0.1) is 28.1 Å². The number of amides is 3. The molecule has 0 bridgehead atoms. The van der Waals surface area contributed by atoms with Gasteiger partial charge < -0.3 is 25.8 Å². The summed E-state index contributed by atoms with van der Waals surface area (Å²) in [6.07, 6.45) is 1.58. The molecule has 0 aliphatic rings. The number of halogens is 1. The minimum atomic E-state index is -1.13. The fourth-order valence-corrected chi connectivity index (χ4v) is 5.03. The van der Waals surface area contributed by atoms with Gasteiger partial charge in [0, 0.05) is 16.1 Å². The lowest BCUT2D eigenvalue weighted by Crippen LogP contribution is -2.30. The number of carbonyl (C=O) groups is 4. The molecule has 0 fully saturated rings. The Hall–Kier alpha value is -5.06. The second-order valence-electron chi connectivity index (χ2n) is 9.61. The number of carbonyl (C=O) groups excluding carboxylic acids is 3. The van der Waals surface area contributed by atoms with Crippen LogP contribution in [0.3, 0.4) is 0 Å². The summed E-state index contributed by atoms with van der Waals surface area (Å²) < 4.78 is 5.49. The van der Waals surface area contributed by atoms with Crippen molar-refractivity contribution in [1.82, 2.24) is 5.32 Å². The normalized spacial score (nSPS) is 11.7. The van der Waals surface area contributed by atoms with E-state index < -0.39 is 23.0 Å². The highest BCUT2D eigenvalue weighted by atomic mass is 35.5. The first kappa shape index (κ1) is 32.8. The summed E-state index contributed by atoms with van der Waals surface area (Å²) in [6, 6.07) is 26.7. The van der Waals surface area contributed by atoms with E-state index in [-0.39, 0.29) is 27.9 Å². The van der Waals surface area contributed by atoms with Crippen molar-refractivity contribution in [1.29, 1.82) is 0 Å². The number of aromatic carboxylic acids is 1. The van der Waals surface area contributed by atoms with Gasteiger partial charge in [0.1, 0.15) is 11.4 Å². The Bertz CT molecular complexity index is 1710. The largest absolute Gasteiger partial charge is 0.494 e. The van der Waals surface area contributed by atoms with Crippen molar-refractivity contribution in [2.24, 2.45) is 0 Å². The van der Waals surface area contributed by atoms with Crippen LogP contribution in [0.2, 0.25) is 5.02 Å². The van der Waals surface area contributed by atoms with E-state index in [1.807, 2.05) is 6.92 Å². The molecule has 0 spiro atoms. The zero-order chi connectivity index (χ0) is 32.3. The van der Waals surface area contributed by atoms with E-state index in [1.54, 1.807) is 91.9 Å². The smallest absolute Gasteiger partial charge is 0.335 e. The third-order valence-corrected chi connectivity index (χ3v) is 7.74. The van der Waals surface area contributed by atoms with E-state index >= 15 is 0 Å². The number of hydrogen-bond acceptors (Lipinski definition) is 6. The number of rotatable bonds is 12. The van der Waals surface area contributed by atoms with E-state index in [4.69, 9.17) is 16.3 Å². The number of hydrogen-bond donors (Lipinski definition) is 4. The predicted octanol–water partition coefficient (Wildman–Crippen LogP) is 6.97. The summed E-state index contributed by atoms with van der Waals surface area (Å²) in [5.74, 6) is -1.76. The van der Waals surface area contributed by atoms with Gasteiger partial charge in [-0.05, 0) is 92.2 Å². The number of carboxylic acid groups (broad SMARTS) is 1. The second-order valence-corrected chi connectivity index (χ2v) is 11.4. The van der Waals surface area contributed by atoms with Crippen molar-refractivity contribution in [2.45, 2.75) is 24.0 Å². The molecule has 3 amide bonds. The molecule has 4 N–H and O–H groups in total. The van der Waals surface area contributed by atoms with E-state index in [0.29, 0.717) is 29.2 Å². The third-order valence-electron chi connectivity index (χ3n) is 6.30. The molecule has 0 aliphatic carbocycles. The van der Waals surface area contributed by atoms with Crippen molar-refractivity contribution in [3.05, 3.63) is 124 Å². The third kappa shape index (κ3) is 9.46. The number of benzene rings is 4. The summed E-state index contributed by atoms with van der Waals surface area (Å²) in [4.78, 5) is 51.1. The maximum atomic E-state index is 13.3. The quantitative estimate of drug-likeness (QED) is 0.0968. The van der Waals surface area contributed by atoms with E-state index in [9.17, 15) is 24.3 Å². The second kappa shape index (κ2) is 15.6. The maximum Gasteiger partial charge on any atom is 0.335 e. The maximum absolute atomic E-state index is 13.3. The number of ether oxygens (including phenoxy) is 1. The van der Waals surface area contributed by atoms with Gasteiger partial charge in [0.2, 0.25) is 5.91 Å². The Balaban J connectivity index is 1.44. The van der Waals surface area contributed by atoms with Gasteiger partial charge in [-0.25, -0.2) is 4.79 Å². The molecule has 45 heavy (non-hydrogen) atoms. The first-order valence-electron chi connectivity index (χ1n) is 13.9. The van der Waals surface area contributed by atoms with E-state index in [1.165, 1.54) is 30.0 Å². The van der Waals surface area contributed by atoms with E-state index in [0.717, 1.165) is 4.90 Å². The van der Waals surface area contributed by atoms with Crippen LogP contribution in [-0.4, -0.2) is 40.7 Å². The Labute approximate surface area is 269 Å². The van der Waals surface area contributed by atoms with Crippen molar-refractivity contribution < 1.29 is 29.0 Å². The van der Waals surface area contributed by atoms with Crippen LogP contribution in [0, 0.1) is 0 Å². The Morgan fingerprint density at radius 2 is 1.58 bits per heavy atom.